The Hall–Kier alpha value is -1.63. The van der Waals surface area contributed by atoms with E-state index in [2.05, 4.69) is 23.6 Å². The fraction of sp³-hybridized carbons (Fsp3) is 0.692. The van der Waals surface area contributed by atoms with Crippen molar-refractivity contribution >= 4 is 29.1 Å². The van der Waals surface area contributed by atoms with Crippen molar-refractivity contribution in [2.75, 3.05) is 44.8 Å². The summed E-state index contributed by atoms with van der Waals surface area (Å²) in [5.41, 5.74) is 1.77. The Morgan fingerprint density at radius 1 is 1.06 bits per heavy atom. The highest BCUT2D eigenvalue weighted by molar-refractivity contribution is 6.31. The van der Waals surface area contributed by atoms with Crippen molar-refractivity contribution in [1.82, 2.24) is 9.80 Å². The molecule has 2 atom stereocenters. The Balaban J connectivity index is 1.65. The number of nitrogens with zero attached hydrogens (tertiary/aromatic N) is 3. The predicted octanol–water partition coefficient (Wildman–Crippen LogP) is 4.20. The van der Waals surface area contributed by atoms with Gasteiger partial charge in [-0.25, -0.2) is 0 Å². The van der Waals surface area contributed by atoms with Crippen LogP contribution < -0.4 is 4.90 Å². The van der Waals surface area contributed by atoms with E-state index in [1.807, 2.05) is 18.2 Å². The maximum Gasteiger partial charge on any atom is 0.252 e. The van der Waals surface area contributed by atoms with Gasteiger partial charge in [0.05, 0.1) is 5.69 Å². The van der Waals surface area contributed by atoms with E-state index in [0.29, 0.717) is 48.4 Å². The van der Waals surface area contributed by atoms with Gasteiger partial charge in [0.1, 0.15) is 6.61 Å². The molecule has 1 aromatic carbocycles. The molecule has 182 valence electrons. The molecule has 6 nitrogen and oxygen atoms in total. The van der Waals surface area contributed by atoms with Crippen molar-refractivity contribution in [2.24, 2.45) is 17.8 Å². The number of hydrogen-bond acceptors (Lipinski definition) is 4. The summed E-state index contributed by atoms with van der Waals surface area (Å²) in [5, 5.41) is 0.591. The average molecular weight is 476 g/mol. The molecule has 7 heteroatoms. The van der Waals surface area contributed by atoms with Crippen molar-refractivity contribution < 1.29 is 14.3 Å². The Labute approximate surface area is 203 Å². The first-order valence-corrected chi connectivity index (χ1v) is 12.9. The van der Waals surface area contributed by atoms with Crippen molar-refractivity contribution in [1.29, 1.82) is 0 Å². The molecule has 0 saturated heterocycles. The van der Waals surface area contributed by atoms with Crippen molar-refractivity contribution in [3.05, 3.63) is 28.8 Å². The number of hydrogen-bond donors (Lipinski definition) is 0. The van der Waals surface area contributed by atoms with Crippen LogP contribution in [0.2, 0.25) is 5.02 Å². The number of carbonyl (C=O) groups excluding carboxylic acids is 2. The van der Waals surface area contributed by atoms with Crippen molar-refractivity contribution in [2.45, 2.75) is 58.5 Å². The van der Waals surface area contributed by atoms with Gasteiger partial charge in [0.15, 0.2) is 0 Å². The minimum Gasteiger partial charge on any atom is -0.375 e. The smallest absolute Gasteiger partial charge is 0.252 e. The maximum atomic E-state index is 13.7. The Bertz CT molecular complexity index is 849. The van der Waals surface area contributed by atoms with Crippen molar-refractivity contribution in [3.8, 4) is 0 Å². The lowest BCUT2D eigenvalue weighted by molar-refractivity contribution is -0.134. The standard InChI is InChI=1S/C26H38ClN3O3/c1-18(2)28-11-6-12-30(24(31)17-33-3)23-15-20(27)10-9-19(23)16-29(14-13-28)26(32)25-21-7-4-5-8-22(21)25/h9-10,15,18,21-22,25H,4-8,11-14,16-17H2,1-3H3. The number of ether oxygens (including phenoxy) is 1. The van der Waals surface area contributed by atoms with E-state index in [4.69, 9.17) is 16.3 Å². The van der Waals surface area contributed by atoms with Crippen LogP contribution in [0.15, 0.2) is 18.2 Å². The minimum absolute atomic E-state index is 0.0218. The third kappa shape index (κ3) is 5.55. The minimum atomic E-state index is -0.0811. The van der Waals surface area contributed by atoms with Crippen LogP contribution in [0, 0.1) is 17.8 Å². The summed E-state index contributed by atoms with van der Waals surface area (Å²) in [6.45, 7) is 7.95. The molecule has 2 saturated carbocycles. The summed E-state index contributed by atoms with van der Waals surface area (Å²) in [6, 6.07) is 6.08. The van der Waals surface area contributed by atoms with Crippen LogP contribution in [0.25, 0.3) is 0 Å². The van der Waals surface area contributed by atoms with Gasteiger partial charge in [-0.2, -0.15) is 0 Å². The summed E-state index contributed by atoms with van der Waals surface area (Å²) in [7, 11) is 1.54. The zero-order chi connectivity index (χ0) is 23.5. The van der Waals surface area contributed by atoms with E-state index in [9.17, 15) is 9.59 Å². The molecule has 0 aromatic heterocycles. The number of methoxy groups -OCH3 is 1. The fourth-order valence-electron chi connectivity index (χ4n) is 5.85. The Kier molecular flexibility index (Phi) is 7.98. The molecule has 0 bridgehead atoms. The second-order valence-electron chi connectivity index (χ2n) is 10.1. The van der Waals surface area contributed by atoms with Gasteiger partial charge in [-0.05, 0) is 62.6 Å². The third-order valence-corrected chi connectivity index (χ3v) is 7.97. The molecular formula is C26H38ClN3O3. The van der Waals surface area contributed by atoms with Gasteiger partial charge in [0.25, 0.3) is 5.91 Å². The topological polar surface area (TPSA) is 53.1 Å². The first kappa shape index (κ1) is 24.5. The van der Waals surface area contributed by atoms with E-state index < -0.39 is 0 Å². The molecular weight excluding hydrogens is 438 g/mol. The van der Waals surface area contributed by atoms with Crippen LogP contribution >= 0.6 is 11.6 Å². The molecule has 33 heavy (non-hydrogen) atoms. The van der Waals surface area contributed by atoms with Gasteiger partial charge in [-0.15, -0.1) is 0 Å². The lowest BCUT2D eigenvalue weighted by atomic mass is 10.0. The maximum absolute atomic E-state index is 13.7. The van der Waals surface area contributed by atoms with Crippen LogP contribution in [0.3, 0.4) is 0 Å². The molecule has 2 unspecified atom stereocenters. The monoisotopic (exact) mass is 475 g/mol. The normalized spacial score (nSPS) is 26.4. The van der Waals surface area contributed by atoms with Crippen LogP contribution in [0.1, 0.15) is 51.5 Å². The van der Waals surface area contributed by atoms with Crippen LogP contribution in [-0.2, 0) is 20.9 Å². The number of anilines is 1. The highest BCUT2D eigenvalue weighted by Gasteiger charge is 2.55. The zero-order valence-corrected chi connectivity index (χ0v) is 21.0. The third-order valence-electron chi connectivity index (χ3n) is 7.74. The first-order chi connectivity index (χ1) is 15.9. The number of rotatable bonds is 4. The predicted molar refractivity (Wildman–Crippen MR) is 131 cm³/mol. The van der Waals surface area contributed by atoms with Crippen LogP contribution in [0.5, 0.6) is 0 Å². The van der Waals surface area contributed by atoms with E-state index in [-0.39, 0.29) is 18.4 Å². The first-order valence-electron chi connectivity index (χ1n) is 12.5. The van der Waals surface area contributed by atoms with Gasteiger partial charge in [0, 0.05) is 56.8 Å². The summed E-state index contributed by atoms with van der Waals surface area (Å²) in [6.07, 6.45) is 5.74. The number of fused-ring (bicyclic) bond motifs is 2. The van der Waals surface area contributed by atoms with Gasteiger partial charge in [0.2, 0.25) is 5.91 Å². The lowest BCUT2D eigenvalue weighted by Crippen LogP contribution is -2.42. The number of carbonyl (C=O) groups is 2. The summed E-state index contributed by atoms with van der Waals surface area (Å²) >= 11 is 6.37. The Morgan fingerprint density at radius 3 is 2.45 bits per heavy atom. The molecule has 2 aliphatic carbocycles. The molecule has 2 fully saturated rings. The largest absolute Gasteiger partial charge is 0.375 e. The Morgan fingerprint density at radius 2 is 1.79 bits per heavy atom. The highest BCUT2D eigenvalue weighted by atomic mass is 35.5. The summed E-state index contributed by atoms with van der Waals surface area (Å²) in [5.74, 6) is 1.56. The van der Waals surface area contributed by atoms with Gasteiger partial charge >= 0.3 is 0 Å². The van der Waals surface area contributed by atoms with Crippen molar-refractivity contribution in [3.63, 3.8) is 0 Å². The van der Waals surface area contributed by atoms with E-state index in [0.717, 1.165) is 30.8 Å². The summed E-state index contributed by atoms with van der Waals surface area (Å²) < 4.78 is 5.17. The van der Waals surface area contributed by atoms with Gasteiger partial charge in [-0.1, -0.05) is 30.5 Å². The van der Waals surface area contributed by atoms with Crippen LogP contribution in [-0.4, -0.2) is 67.6 Å². The lowest BCUT2D eigenvalue weighted by Gasteiger charge is -2.30. The quantitative estimate of drug-likeness (QED) is 0.655. The number of benzene rings is 1. The average Bonchev–Trinajstić information content (AvgIpc) is 3.52. The van der Waals surface area contributed by atoms with E-state index >= 15 is 0 Å². The second-order valence-corrected chi connectivity index (χ2v) is 10.6. The molecule has 1 aliphatic heterocycles. The fourth-order valence-corrected chi connectivity index (χ4v) is 6.02. The van der Waals surface area contributed by atoms with Gasteiger partial charge in [-0.3, -0.25) is 14.5 Å². The molecule has 2 amide bonds. The summed E-state index contributed by atoms with van der Waals surface area (Å²) in [4.78, 5) is 33.0. The van der Waals surface area contributed by atoms with Crippen LogP contribution in [0.4, 0.5) is 5.69 Å². The number of amides is 2. The molecule has 1 heterocycles. The molecule has 0 N–H and O–H groups in total. The SMILES string of the molecule is COCC(=O)N1CCCN(C(C)C)CCN(C(=O)C2C3CCCCC32)Cc2ccc(Cl)cc21. The van der Waals surface area contributed by atoms with Gasteiger partial charge < -0.3 is 14.5 Å². The zero-order valence-electron chi connectivity index (χ0n) is 20.3. The second kappa shape index (κ2) is 10.7. The van der Waals surface area contributed by atoms with E-state index in [1.54, 1.807) is 12.0 Å². The molecule has 3 aliphatic rings. The molecule has 4 rings (SSSR count). The van der Waals surface area contributed by atoms with E-state index in [1.165, 1.54) is 25.7 Å². The highest BCUT2D eigenvalue weighted by Crippen LogP contribution is 2.56. The molecule has 0 radical (unpaired) electrons. The number of halogens is 1. The molecule has 1 aromatic rings. The molecule has 0 spiro atoms.